The average molecular weight is 410 g/mol. The van der Waals surface area contributed by atoms with E-state index in [0.29, 0.717) is 0 Å². The number of azide groups is 1. The number of hydrogen-bond acceptors (Lipinski definition) is 9. The standard InChI is InChI=1S/C16H22N6O7/c1-5-10(23)28-11-9(8-19-20-17)27-13(12(11)29-14(24)16(2,3)4)21-7-6-18-15(21)22(25)26/h6-7,9,11-13H,5,8H2,1-4H3/t9?,11-,12+,13?/m0/s1. The highest BCUT2D eigenvalue weighted by atomic mass is 16.7. The van der Waals surface area contributed by atoms with E-state index >= 15 is 0 Å². The van der Waals surface area contributed by atoms with Crippen molar-refractivity contribution >= 4 is 17.9 Å². The molecular formula is C16H22N6O7. The second-order valence-electron chi connectivity index (χ2n) is 7.30. The van der Waals surface area contributed by atoms with Gasteiger partial charge < -0.3 is 24.3 Å². The highest BCUT2D eigenvalue weighted by molar-refractivity contribution is 5.75. The fraction of sp³-hybridized carbons (Fsp3) is 0.688. The Morgan fingerprint density at radius 2 is 2.10 bits per heavy atom. The van der Waals surface area contributed by atoms with Crippen LogP contribution in [0.3, 0.4) is 0 Å². The van der Waals surface area contributed by atoms with Crippen molar-refractivity contribution in [3.05, 3.63) is 33.0 Å². The number of rotatable bonds is 7. The summed E-state index contributed by atoms with van der Waals surface area (Å²) in [4.78, 5) is 41.4. The molecule has 0 amide bonds. The van der Waals surface area contributed by atoms with E-state index in [0.717, 1.165) is 4.57 Å². The van der Waals surface area contributed by atoms with Gasteiger partial charge in [-0.3, -0.25) is 9.59 Å². The molecule has 1 fully saturated rings. The van der Waals surface area contributed by atoms with Crippen LogP contribution >= 0.6 is 0 Å². The number of hydrogen-bond donors (Lipinski definition) is 0. The van der Waals surface area contributed by atoms with E-state index in [1.807, 2.05) is 0 Å². The summed E-state index contributed by atoms with van der Waals surface area (Å²) in [6, 6.07) is 0. The van der Waals surface area contributed by atoms with E-state index in [-0.39, 0.29) is 13.0 Å². The molecule has 1 aliphatic heterocycles. The summed E-state index contributed by atoms with van der Waals surface area (Å²) >= 11 is 0. The molecule has 29 heavy (non-hydrogen) atoms. The van der Waals surface area contributed by atoms with Crippen molar-refractivity contribution in [2.24, 2.45) is 10.5 Å². The Hall–Kier alpha value is -3.18. The van der Waals surface area contributed by atoms with Gasteiger partial charge >= 0.3 is 17.9 Å². The Kier molecular flexibility index (Phi) is 6.77. The van der Waals surface area contributed by atoms with Crippen molar-refractivity contribution in [2.45, 2.75) is 58.7 Å². The first-order chi connectivity index (χ1) is 13.6. The molecule has 13 nitrogen and oxygen atoms in total. The molecule has 0 aromatic carbocycles. The number of imidazole rings is 1. The fourth-order valence-electron chi connectivity index (χ4n) is 2.64. The molecule has 2 rings (SSSR count). The molecule has 0 bridgehead atoms. The zero-order chi connectivity index (χ0) is 21.8. The fourth-order valence-corrected chi connectivity index (χ4v) is 2.64. The number of nitrogens with zero attached hydrogens (tertiary/aromatic N) is 6. The summed E-state index contributed by atoms with van der Waals surface area (Å²) in [6.07, 6.45) is -2.02. The van der Waals surface area contributed by atoms with Gasteiger partial charge in [0.25, 0.3) is 0 Å². The van der Waals surface area contributed by atoms with Gasteiger partial charge in [-0.05, 0) is 31.2 Å². The molecule has 1 saturated heterocycles. The normalized spacial score (nSPS) is 23.9. The van der Waals surface area contributed by atoms with E-state index in [1.165, 1.54) is 12.4 Å². The van der Waals surface area contributed by atoms with Gasteiger partial charge in [0.2, 0.25) is 6.23 Å². The van der Waals surface area contributed by atoms with Crippen molar-refractivity contribution in [1.29, 1.82) is 0 Å². The molecule has 158 valence electrons. The Bertz CT molecular complexity index is 826. The van der Waals surface area contributed by atoms with E-state index in [2.05, 4.69) is 15.0 Å². The van der Waals surface area contributed by atoms with Crippen LogP contribution in [0.5, 0.6) is 0 Å². The third kappa shape index (κ3) is 5.00. The summed E-state index contributed by atoms with van der Waals surface area (Å²) in [7, 11) is 0. The van der Waals surface area contributed by atoms with E-state index in [4.69, 9.17) is 19.7 Å². The maximum Gasteiger partial charge on any atom is 0.436 e. The second-order valence-corrected chi connectivity index (χ2v) is 7.30. The van der Waals surface area contributed by atoms with Crippen LogP contribution in [0.1, 0.15) is 40.3 Å². The molecule has 2 heterocycles. The van der Waals surface area contributed by atoms with Gasteiger partial charge in [0.05, 0.1) is 12.0 Å². The van der Waals surface area contributed by atoms with Crippen LogP contribution in [0, 0.1) is 15.5 Å². The zero-order valence-corrected chi connectivity index (χ0v) is 16.4. The van der Waals surface area contributed by atoms with Crippen molar-refractivity contribution in [1.82, 2.24) is 9.55 Å². The lowest BCUT2D eigenvalue weighted by atomic mass is 9.97. The van der Waals surface area contributed by atoms with Gasteiger partial charge in [-0.25, -0.2) is 0 Å². The zero-order valence-electron chi connectivity index (χ0n) is 16.4. The first-order valence-electron chi connectivity index (χ1n) is 8.84. The highest BCUT2D eigenvalue weighted by Gasteiger charge is 2.53. The summed E-state index contributed by atoms with van der Waals surface area (Å²) in [5, 5.41) is 14.7. The van der Waals surface area contributed by atoms with Crippen molar-refractivity contribution in [3.63, 3.8) is 0 Å². The van der Waals surface area contributed by atoms with Gasteiger partial charge in [0, 0.05) is 11.3 Å². The van der Waals surface area contributed by atoms with Crippen molar-refractivity contribution in [3.8, 4) is 0 Å². The van der Waals surface area contributed by atoms with Gasteiger partial charge in [0.1, 0.15) is 18.5 Å². The maximum absolute atomic E-state index is 12.5. The molecule has 0 N–H and O–H groups in total. The summed E-state index contributed by atoms with van der Waals surface area (Å²) < 4.78 is 17.8. The minimum atomic E-state index is -1.22. The predicted molar refractivity (Wildman–Crippen MR) is 96.3 cm³/mol. The molecule has 13 heteroatoms. The molecule has 0 aliphatic carbocycles. The Morgan fingerprint density at radius 3 is 2.66 bits per heavy atom. The van der Waals surface area contributed by atoms with Gasteiger partial charge in [0.15, 0.2) is 12.2 Å². The summed E-state index contributed by atoms with van der Waals surface area (Å²) in [5.41, 5.74) is 7.74. The van der Waals surface area contributed by atoms with Crippen molar-refractivity contribution in [2.75, 3.05) is 6.54 Å². The molecule has 4 atom stereocenters. The number of carbonyl (C=O) groups excluding carboxylic acids is 2. The SMILES string of the molecule is CCC(=O)O[C@H]1C(CN=[N+]=[N-])OC(n2ccnc2[N+](=O)[O-])[C@@H]1OC(=O)C(C)(C)C. The average Bonchev–Trinajstić information content (AvgIpc) is 3.25. The number of esters is 2. The highest BCUT2D eigenvalue weighted by Crippen LogP contribution is 2.37. The van der Waals surface area contributed by atoms with Gasteiger partial charge in [-0.15, -0.1) is 0 Å². The Balaban J connectivity index is 2.48. The lowest BCUT2D eigenvalue weighted by Gasteiger charge is -2.26. The van der Waals surface area contributed by atoms with Crippen LogP contribution in [0.2, 0.25) is 0 Å². The molecule has 0 spiro atoms. The van der Waals surface area contributed by atoms with Crippen LogP contribution in [0.25, 0.3) is 10.4 Å². The van der Waals surface area contributed by atoms with E-state index < -0.39 is 52.8 Å². The monoisotopic (exact) mass is 410 g/mol. The van der Waals surface area contributed by atoms with Crippen LogP contribution in [-0.2, 0) is 23.8 Å². The number of carbonyl (C=O) groups is 2. The quantitative estimate of drug-likeness (QED) is 0.164. The topological polar surface area (TPSA) is 172 Å². The molecule has 1 aromatic rings. The number of ether oxygens (including phenoxy) is 3. The number of nitro groups is 1. The minimum Gasteiger partial charge on any atom is -0.455 e. The Morgan fingerprint density at radius 1 is 1.41 bits per heavy atom. The van der Waals surface area contributed by atoms with Gasteiger partial charge in [-0.2, -0.15) is 4.57 Å². The van der Waals surface area contributed by atoms with Crippen LogP contribution < -0.4 is 0 Å². The molecular weight excluding hydrogens is 388 g/mol. The van der Waals surface area contributed by atoms with E-state index in [1.54, 1.807) is 27.7 Å². The first-order valence-corrected chi connectivity index (χ1v) is 8.84. The smallest absolute Gasteiger partial charge is 0.436 e. The molecule has 1 aromatic heterocycles. The first kappa shape index (κ1) is 22.1. The minimum absolute atomic E-state index is 0.0422. The largest absolute Gasteiger partial charge is 0.455 e. The molecule has 0 saturated carbocycles. The molecule has 2 unspecified atom stereocenters. The predicted octanol–water partition coefficient (Wildman–Crippen LogP) is 2.28. The lowest BCUT2D eigenvalue weighted by molar-refractivity contribution is -0.398. The third-order valence-electron chi connectivity index (χ3n) is 4.11. The van der Waals surface area contributed by atoms with E-state index in [9.17, 15) is 19.7 Å². The maximum atomic E-state index is 12.5. The second kappa shape index (κ2) is 8.88. The van der Waals surface area contributed by atoms with Crippen LogP contribution in [0.4, 0.5) is 5.95 Å². The van der Waals surface area contributed by atoms with Crippen molar-refractivity contribution < 1.29 is 28.7 Å². The summed E-state index contributed by atoms with van der Waals surface area (Å²) in [6.45, 7) is 6.23. The summed E-state index contributed by atoms with van der Waals surface area (Å²) in [5.74, 6) is -1.76. The third-order valence-corrected chi connectivity index (χ3v) is 4.11. The number of aromatic nitrogens is 2. The van der Waals surface area contributed by atoms with Gasteiger partial charge in [-0.1, -0.05) is 17.0 Å². The molecule has 0 radical (unpaired) electrons. The lowest BCUT2D eigenvalue weighted by Crippen LogP contribution is -2.42. The van der Waals surface area contributed by atoms with Crippen LogP contribution in [-0.4, -0.2) is 51.3 Å². The van der Waals surface area contributed by atoms with Crippen LogP contribution in [0.15, 0.2) is 17.5 Å². The Labute approximate surface area is 165 Å². The molecule has 1 aliphatic rings.